The Balaban J connectivity index is 1.78. The lowest BCUT2D eigenvalue weighted by Crippen LogP contribution is -2.57. The van der Waals surface area contributed by atoms with E-state index in [4.69, 9.17) is 5.41 Å². The van der Waals surface area contributed by atoms with Crippen LogP contribution in [0.1, 0.15) is 43.5 Å². The van der Waals surface area contributed by atoms with Crippen LogP contribution < -0.4 is 14.9 Å². The molecular weight excluding hydrogens is 416 g/mol. The fourth-order valence-corrected chi connectivity index (χ4v) is 5.42. The minimum Gasteiger partial charge on any atom is -0.394 e. The maximum absolute atomic E-state index is 13.5. The summed E-state index contributed by atoms with van der Waals surface area (Å²) in [6, 6.07) is 4.82. The summed E-state index contributed by atoms with van der Waals surface area (Å²) < 4.78 is 28.5. The molecule has 10 heteroatoms. The number of carbonyl (C=O) groups excluding carboxylic acids is 1. The molecule has 4 rings (SSSR count). The number of aliphatic imine (C=N–C) groups is 1. The largest absolute Gasteiger partial charge is 0.394 e. The van der Waals surface area contributed by atoms with Crippen molar-refractivity contribution in [3.05, 3.63) is 35.5 Å². The number of amides is 1. The van der Waals surface area contributed by atoms with Crippen molar-refractivity contribution in [2.45, 2.75) is 49.6 Å². The third-order valence-electron chi connectivity index (χ3n) is 5.95. The second-order valence-corrected chi connectivity index (χ2v) is 10.3. The molecule has 1 amide bonds. The fourth-order valence-electron chi connectivity index (χ4n) is 3.93. The molecule has 2 heterocycles. The van der Waals surface area contributed by atoms with E-state index < -0.39 is 15.6 Å². The van der Waals surface area contributed by atoms with Crippen molar-refractivity contribution in [2.75, 3.05) is 25.0 Å². The molecule has 0 aromatic heterocycles. The monoisotopic (exact) mass is 444 g/mol. The summed E-state index contributed by atoms with van der Waals surface area (Å²) in [7, 11) is -2.01. The Morgan fingerprint density at radius 1 is 1.39 bits per heavy atom. The van der Waals surface area contributed by atoms with Crippen molar-refractivity contribution in [2.24, 2.45) is 4.99 Å². The highest BCUT2D eigenvalue weighted by atomic mass is 32.2. The zero-order valence-electron chi connectivity index (χ0n) is 18.0. The molecule has 1 aromatic rings. The lowest BCUT2D eigenvalue weighted by Gasteiger charge is -2.44. The molecule has 2 aliphatic heterocycles. The van der Waals surface area contributed by atoms with Gasteiger partial charge in [0.2, 0.25) is 16.0 Å². The second kappa shape index (κ2) is 7.76. The summed E-state index contributed by atoms with van der Waals surface area (Å²) in [5.74, 6) is 0.219. The van der Waals surface area contributed by atoms with Gasteiger partial charge in [-0.05, 0) is 51.3 Å². The zero-order chi connectivity index (χ0) is 22.4. The molecule has 1 aliphatic carbocycles. The van der Waals surface area contributed by atoms with Gasteiger partial charge in [0.25, 0.3) is 5.91 Å². The van der Waals surface area contributed by atoms with Gasteiger partial charge in [0, 0.05) is 43.2 Å². The van der Waals surface area contributed by atoms with Crippen LogP contribution in [-0.2, 0) is 10.0 Å². The first-order chi connectivity index (χ1) is 14.7. The number of nitrogens with zero attached hydrogens (tertiary/aromatic N) is 3. The summed E-state index contributed by atoms with van der Waals surface area (Å²) in [4.78, 5) is 21.7. The number of hydrogen-bond acceptors (Lipinski definition) is 7. The average Bonchev–Trinajstić information content (AvgIpc) is 3.45. The van der Waals surface area contributed by atoms with Gasteiger partial charge >= 0.3 is 0 Å². The van der Waals surface area contributed by atoms with Crippen LogP contribution in [0.3, 0.4) is 0 Å². The number of rotatable bonds is 7. The zero-order valence-corrected chi connectivity index (χ0v) is 18.8. The maximum atomic E-state index is 13.5. The van der Waals surface area contributed by atoms with Crippen molar-refractivity contribution < 1.29 is 13.2 Å². The van der Waals surface area contributed by atoms with E-state index in [1.165, 1.54) is 17.2 Å². The van der Waals surface area contributed by atoms with E-state index in [2.05, 4.69) is 22.0 Å². The first kappa shape index (κ1) is 21.5. The van der Waals surface area contributed by atoms with Crippen molar-refractivity contribution in [1.29, 1.82) is 5.41 Å². The van der Waals surface area contributed by atoms with E-state index in [-0.39, 0.29) is 23.4 Å². The Morgan fingerprint density at radius 3 is 2.77 bits per heavy atom. The molecule has 1 saturated carbocycles. The molecular formula is C21H28N6O3S. The molecule has 1 fully saturated rings. The quantitative estimate of drug-likeness (QED) is 0.553. The lowest BCUT2D eigenvalue weighted by atomic mass is 10.0. The van der Waals surface area contributed by atoms with Gasteiger partial charge in [-0.15, -0.1) is 0 Å². The molecule has 1 aromatic carbocycles. The number of sulfonamides is 1. The number of hydrogen-bond donors (Lipinski definition) is 3. The molecule has 166 valence electrons. The first-order valence-electron chi connectivity index (χ1n) is 10.4. The van der Waals surface area contributed by atoms with Crippen molar-refractivity contribution in [3.8, 4) is 0 Å². The molecule has 3 aliphatic rings. The highest BCUT2D eigenvalue weighted by Crippen LogP contribution is 2.38. The van der Waals surface area contributed by atoms with Crippen LogP contribution in [0.4, 0.5) is 5.69 Å². The minimum atomic E-state index is -3.74. The van der Waals surface area contributed by atoms with Crippen LogP contribution in [-0.4, -0.2) is 63.1 Å². The summed E-state index contributed by atoms with van der Waals surface area (Å²) >= 11 is 0. The third-order valence-corrected chi connectivity index (χ3v) is 7.58. The lowest BCUT2D eigenvalue weighted by molar-refractivity contribution is 0.0847. The average molecular weight is 445 g/mol. The molecule has 0 saturated heterocycles. The summed E-state index contributed by atoms with van der Waals surface area (Å²) in [6.45, 7) is 4.71. The summed E-state index contributed by atoms with van der Waals surface area (Å²) in [6.07, 6.45) is 5.29. The van der Waals surface area contributed by atoms with Gasteiger partial charge in [0.05, 0.1) is 22.7 Å². The number of guanidine groups is 1. The highest BCUT2D eigenvalue weighted by Gasteiger charge is 2.43. The predicted molar refractivity (Wildman–Crippen MR) is 120 cm³/mol. The Labute approximate surface area is 182 Å². The number of benzene rings is 1. The van der Waals surface area contributed by atoms with E-state index >= 15 is 0 Å². The Morgan fingerprint density at radius 2 is 2.13 bits per heavy atom. The van der Waals surface area contributed by atoms with E-state index in [1.54, 1.807) is 25.4 Å². The molecule has 0 radical (unpaired) electrons. The minimum absolute atomic E-state index is 0.0794. The van der Waals surface area contributed by atoms with Crippen LogP contribution in [0.2, 0.25) is 0 Å². The van der Waals surface area contributed by atoms with Gasteiger partial charge in [-0.1, -0.05) is 0 Å². The molecule has 31 heavy (non-hydrogen) atoms. The van der Waals surface area contributed by atoms with Crippen molar-refractivity contribution >= 4 is 33.8 Å². The fraction of sp³-hybridized carbons (Fsp3) is 0.476. The molecule has 1 atom stereocenters. The molecule has 9 nitrogen and oxygen atoms in total. The van der Waals surface area contributed by atoms with Crippen LogP contribution in [0.5, 0.6) is 0 Å². The van der Waals surface area contributed by atoms with E-state index in [0.717, 1.165) is 19.3 Å². The summed E-state index contributed by atoms with van der Waals surface area (Å²) in [5.41, 5.74) is 1.19. The molecule has 0 unspecified atom stereocenters. The third kappa shape index (κ3) is 3.97. The maximum Gasteiger partial charge on any atom is 0.263 e. The van der Waals surface area contributed by atoms with Crippen molar-refractivity contribution in [1.82, 2.24) is 14.9 Å². The van der Waals surface area contributed by atoms with Gasteiger partial charge in [-0.2, -0.15) is 0 Å². The van der Waals surface area contributed by atoms with Crippen molar-refractivity contribution in [3.63, 3.8) is 0 Å². The smallest absolute Gasteiger partial charge is 0.263 e. The molecule has 0 spiro atoms. The standard InChI is InChI=1S/C21H28N6O3S/c1-14-6-9-24-20-26(13-15(11-22)12-23-3)19(28)17-10-16(4-5-18(17)27(14)20)31(29,30)25-21(2)7-8-21/h4-5,10-12,14,22-23,25H,6-9,13H2,1-3H3/b15-12+,22-11?/t14-/m1/s1. The Kier molecular flexibility index (Phi) is 5.38. The van der Waals surface area contributed by atoms with Crippen LogP contribution in [0.25, 0.3) is 0 Å². The highest BCUT2D eigenvalue weighted by molar-refractivity contribution is 7.89. The van der Waals surface area contributed by atoms with Crippen LogP contribution in [0.15, 0.2) is 39.9 Å². The molecule has 0 bridgehead atoms. The Bertz CT molecular complexity index is 1090. The van der Waals surface area contributed by atoms with Crippen LogP contribution >= 0.6 is 0 Å². The van der Waals surface area contributed by atoms with Crippen LogP contribution in [0, 0.1) is 5.41 Å². The second-order valence-electron chi connectivity index (χ2n) is 8.58. The number of anilines is 1. The number of carbonyl (C=O) groups is 1. The predicted octanol–water partition coefficient (Wildman–Crippen LogP) is 1.68. The summed E-state index contributed by atoms with van der Waals surface area (Å²) in [5, 5.41) is 10.5. The number of nitrogens with one attached hydrogen (secondary N) is 3. The normalized spacial score (nSPS) is 22.4. The van der Waals surface area contributed by atoms with Gasteiger partial charge in [0.15, 0.2) is 0 Å². The molecule has 3 N–H and O–H groups in total. The van der Waals surface area contributed by atoms with Gasteiger partial charge < -0.3 is 15.6 Å². The SMILES string of the molecule is CN/C=C(\C=N)CN1C(=O)c2cc(S(=O)(=O)NC3(C)CC3)ccc2N2C1=NCC[C@H]2C. The Hall–Kier alpha value is -2.72. The van der Waals surface area contributed by atoms with Gasteiger partial charge in [-0.3, -0.25) is 14.7 Å². The van der Waals surface area contributed by atoms with E-state index in [1.807, 2.05) is 11.8 Å². The first-order valence-corrected chi connectivity index (χ1v) is 11.9. The number of fused-ring (bicyclic) bond motifs is 3. The van der Waals surface area contributed by atoms with Gasteiger partial charge in [0.1, 0.15) is 0 Å². The van der Waals surface area contributed by atoms with E-state index in [9.17, 15) is 13.2 Å². The van der Waals surface area contributed by atoms with E-state index in [0.29, 0.717) is 29.3 Å². The van der Waals surface area contributed by atoms with Gasteiger partial charge in [-0.25, -0.2) is 13.1 Å². The topological polar surface area (TPSA) is 118 Å².